The second-order valence-corrected chi connectivity index (χ2v) is 19.5. The first-order valence-corrected chi connectivity index (χ1v) is 26.8. The number of nitrogens with one attached hydrogen (secondary N) is 5. The molecular formula is C51H60LuN12O17S2. The van der Waals surface area contributed by atoms with Crippen LogP contribution in [0.5, 0.6) is 0 Å². The number of hydroxylamine groups is 2. The fourth-order valence-corrected chi connectivity index (χ4v) is 9.06. The van der Waals surface area contributed by atoms with Gasteiger partial charge in [-0.3, -0.25) is 52.7 Å². The molecule has 453 valence electrons. The van der Waals surface area contributed by atoms with Crippen LogP contribution in [0.1, 0.15) is 140 Å². The molecule has 4 aromatic heterocycles. The third kappa shape index (κ3) is 17.7. The summed E-state index contributed by atoms with van der Waals surface area (Å²) in [5, 5.41) is 56.8. The maximum Gasteiger partial charge on any atom is 0.333 e. The molecular weight excluding hydrogens is 1290 g/mol. The molecule has 4 bridgehead atoms. The van der Waals surface area contributed by atoms with E-state index >= 15 is 0 Å². The van der Waals surface area contributed by atoms with Gasteiger partial charge in [0.05, 0.1) is 11.1 Å². The average Bonchev–Trinajstić information content (AvgIpc) is 4.03. The normalized spacial score (nSPS) is 16.2. The number of carbonyl (C=O) groups is 10. The Labute approximate surface area is 511 Å². The molecule has 9 N–H and O–H groups in total. The van der Waals surface area contributed by atoms with Gasteiger partial charge in [0.2, 0.25) is 5.91 Å². The third-order valence-corrected chi connectivity index (χ3v) is 13.7. The van der Waals surface area contributed by atoms with E-state index in [2.05, 4.69) is 26.6 Å². The second kappa shape index (κ2) is 31.4. The quantitative estimate of drug-likeness (QED) is 0.0412. The fraction of sp³-hybridized carbons (Fsp3) is 0.412. The summed E-state index contributed by atoms with van der Waals surface area (Å²) in [5.74, 6) is -7.33. The molecule has 0 unspecified atom stereocenters. The fourth-order valence-electron chi connectivity index (χ4n) is 8.55. The SMILES string of the molecule is O=C(CCCC(=O)ON1C(=O)CCC1=O)NCCCC[C@H]1CNC(=O)c2ccc(c(=S)n2O)C(=O)NCCCN(C(=O)c2cccc(=O)n2O)CCCCN(C(=O)c2cccc(=O)n2O)CCCNC(=O)c2ccc(n(O)c2=S)C(=O)N1.[Lu]. The predicted octanol–water partition coefficient (Wildman–Crippen LogP) is 0.932. The van der Waals surface area contributed by atoms with E-state index in [9.17, 15) is 78.4 Å². The molecule has 1 radical (unpaired) electrons. The zero-order chi connectivity index (χ0) is 59.6. The van der Waals surface area contributed by atoms with Crippen LogP contribution in [0, 0.1) is 46.2 Å². The van der Waals surface area contributed by atoms with Crippen molar-refractivity contribution in [3.05, 3.63) is 125 Å². The van der Waals surface area contributed by atoms with Crippen molar-refractivity contribution in [3.63, 3.8) is 0 Å². The molecule has 0 aromatic carbocycles. The van der Waals surface area contributed by atoms with Crippen molar-refractivity contribution in [2.75, 3.05) is 52.4 Å². The van der Waals surface area contributed by atoms with E-state index in [1.54, 1.807) is 0 Å². The first-order chi connectivity index (χ1) is 39.2. The van der Waals surface area contributed by atoms with Gasteiger partial charge in [-0.2, -0.15) is 9.46 Å². The smallest absolute Gasteiger partial charge is 0.333 e. The number of amides is 9. The molecule has 0 aliphatic carbocycles. The van der Waals surface area contributed by atoms with Crippen LogP contribution in [-0.4, -0.2) is 172 Å². The molecule has 8 rings (SSSR count). The zero-order valence-corrected chi connectivity index (χ0v) is 47.6. The number of pyridine rings is 4. The molecule has 83 heavy (non-hydrogen) atoms. The number of imide groups is 1. The number of nitrogens with zero attached hydrogens (tertiary/aromatic N) is 7. The molecule has 1 saturated heterocycles. The standard InChI is InChI=1S/C51H60N12O17S2.Lu/c64-38(13-7-16-43(69)80-63-41(67)21-22-42(63)68)52-23-2-1-10-31-30-55-46(72)34-19-17-32(50(81)61(34)78)44(70)53-24-8-28-57(48(74)36-11-5-14-39(65)59(36)76)26-3-4-27-58(49(75)37-12-6-15-40(66)60(37)77)29-9-25-54-45(71)33-18-20-35(47(73)56-31)62(79)51(33)82;/h5-6,11-12,14-15,17-20,31,76-79H,1-4,7-10,13,16,21-30H2,(H,52,64)(H,53,70)(H,54,71)(H,55,72)(H,56,73);/t31-;/m0./s1. The van der Waals surface area contributed by atoms with E-state index in [0.717, 1.165) is 24.3 Å². The first kappa shape index (κ1) is 65.8. The van der Waals surface area contributed by atoms with Crippen LogP contribution in [0.3, 0.4) is 0 Å². The van der Waals surface area contributed by atoms with Gasteiger partial charge in [0, 0.05) is 133 Å². The number of carbonyl (C=O) groups excluding carboxylic acids is 10. The Hall–Kier alpha value is -8.03. The van der Waals surface area contributed by atoms with Crippen LogP contribution in [-0.2, 0) is 24.0 Å². The predicted molar refractivity (Wildman–Crippen MR) is 287 cm³/mol. The second-order valence-electron chi connectivity index (χ2n) is 18.8. The summed E-state index contributed by atoms with van der Waals surface area (Å²) in [6.07, 6.45) is 1.08. The summed E-state index contributed by atoms with van der Waals surface area (Å²) in [7, 11) is 0. The van der Waals surface area contributed by atoms with Gasteiger partial charge in [0.1, 0.15) is 22.8 Å². The van der Waals surface area contributed by atoms with Gasteiger partial charge < -0.3 is 62.1 Å². The Balaban J connectivity index is 0.0000126. The zero-order valence-electron chi connectivity index (χ0n) is 44.3. The molecule has 0 spiro atoms. The Morgan fingerprint density at radius 2 is 1.05 bits per heavy atom. The van der Waals surface area contributed by atoms with Gasteiger partial charge in [-0.1, -0.05) is 36.6 Å². The minimum absolute atomic E-state index is 0. The maximum absolute atomic E-state index is 13.8. The van der Waals surface area contributed by atoms with E-state index in [1.165, 1.54) is 46.2 Å². The van der Waals surface area contributed by atoms with Crippen LogP contribution in [0.2, 0.25) is 0 Å². The average molecular weight is 1350 g/mol. The van der Waals surface area contributed by atoms with Crippen LogP contribution in [0.4, 0.5) is 0 Å². The summed E-state index contributed by atoms with van der Waals surface area (Å²) < 4.78 is 0.0963. The molecule has 32 heteroatoms. The number of hydrogen-bond donors (Lipinski definition) is 9. The van der Waals surface area contributed by atoms with Gasteiger partial charge in [0.15, 0.2) is 9.28 Å². The van der Waals surface area contributed by atoms with E-state index in [4.69, 9.17) is 29.3 Å². The number of aromatic nitrogens is 4. The van der Waals surface area contributed by atoms with Crippen molar-refractivity contribution >= 4 is 83.6 Å². The molecule has 1 atom stereocenters. The molecule has 8 heterocycles. The van der Waals surface area contributed by atoms with Crippen molar-refractivity contribution in [2.45, 2.75) is 83.1 Å². The van der Waals surface area contributed by atoms with Gasteiger partial charge in [0.25, 0.3) is 58.4 Å². The summed E-state index contributed by atoms with van der Waals surface area (Å²) >= 11 is 10.7. The molecule has 29 nitrogen and oxygen atoms in total. The summed E-state index contributed by atoms with van der Waals surface area (Å²) in [5.41, 5.74) is -3.70. The monoisotopic (exact) mass is 1350 g/mol. The molecule has 4 aliphatic heterocycles. The van der Waals surface area contributed by atoms with Crippen LogP contribution in [0.15, 0.2) is 70.3 Å². The number of hydrogen-bond acceptors (Lipinski definition) is 19. The summed E-state index contributed by atoms with van der Waals surface area (Å²) in [4.78, 5) is 162. The maximum atomic E-state index is 13.8. The van der Waals surface area contributed by atoms with Gasteiger partial charge in [-0.05, 0) is 87.8 Å². The minimum atomic E-state index is -0.907. The Kier molecular flexibility index (Phi) is 24.9. The molecule has 1 fully saturated rings. The van der Waals surface area contributed by atoms with Crippen molar-refractivity contribution in [1.82, 2.24) is 60.4 Å². The van der Waals surface area contributed by atoms with Gasteiger partial charge in [-0.15, -0.1) is 14.5 Å². The van der Waals surface area contributed by atoms with Crippen molar-refractivity contribution in [1.29, 1.82) is 0 Å². The van der Waals surface area contributed by atoms with Crippen molar-refractivity contribution in [2.24, 2.45) is 0 Å². The van der Waals surface area contributed by atoms with Crippen molar-refractivity contribution in [3.8, 4) is 0 Å². The van der Waals surface area contributed by atoms with Gasteiger partial charge in [-0.25, -0.2) is 4.79 Å². The van der Waals surface area contributed by atoms with Crippen LogP contribution in [0.25, 0.3) is 0 Å². The minimum Gasteiger partial charge on any atom is -0.427 e. The Bertz CT molecular complexity index is 3370. The summed E-state index contributed by atoms with van der Waals surface area (Å²) in [6, 6.07) is 10.9. The Morgan fingerprint density at radius 3 is 1.55 bits per heavy atom. The number of rotatable bonds is 12. The topological polar surface area (TPSA) is 385 Å². The van der Waals surface area contributed by atoms with E-state index in [0.29, 0.717) is 27.4 Å². The van der Waals surface area contributed by atoms with Crippen molar-refractivity contribution < 1.29 is 110 Å². The Morgan fingerprint density at radius 1 is 0.566 bits per heavy atom. The number of fused-ring (bicyclic) bond motifs is 2. The molecule has 4 aromatic rings. The molecule has 9 amide bonds. The van der Waals surface area contributed by atoms with E-state index in [1.807, 2.05) is 0 Å². The molecule has 0 saturated carbocycles. The van der Waals surface area contributed by atoms with E-state index in [-0.39, 0.29) is 185 Å². The number of unbranched alkanes of at least 4 members (excludes halogenated alkanes) is 1. The van der Waals surface area contributed by atoms with Crippen LogP contribution >= 0.6 is 24.4 Å². The summed E-state index contributed by atoms with van der Waals surface area (Å²) in [6.45, 7) is -0.347. The van der Waals surface area contributed by atoms with Crippen LogP contribution < -0.4 is 37.7 Å². The largest absolute Gasteiger partial charge is 0.427 e. The first-order valence-electron chi connectivity index (χ1n) is 26.0. The molecule has 4 aliphatic rings. The van der Waals surface area contributed by atoms with Gasteiger partial charge >= 0.3 is 5.97 Å². The third-order valence-electron chi connectivity index (χ3n) is 13.0. The van der Waals surface area contributed by atoms with E-state index < -0.39 is 97.0 Å².